The van der Waals surface area contributed by atoms with Gasteiger partial charge in [0.15, 0.2) is 8.32 Å². The van der Waals surface area contributed by atoms with Crippen molar-refractivity contribution >= 4 is 26.0 Å². The first-order valence-corrected chi connectivity index (χ1v) is 14.4. The van der Waals surface area contributed by atoms with Crippen molar-refractivity contribution < 1.29 is 18.8 Å². The summed E-state index contributed by atoms with van der Waals surface area (Å²) < 4.78 is 12.0. The Balaban J connectivity index is 2.22. The van der Waals surface area contributed by atoms with Crippen molar-refractivity contribution in [1.29, 1.82) is 0 Å². The lowest BCUT2D eigenvalue weighted by Crippen LogP contribution is -2.53. The number of amides is 2. The number of carbonyl (C=O) groups excluding carboxylic acids is 2. The van der Waals surface area contributed by atoms with Crippen molar-refractivity contribution in [2.45, 2.75) is 84.5 Å². The van der Waals surface area contributed by atoms with Crippen LogP contribution in [0.15, 0.2) is 24.5 Å². The number of likely N-dealkylation sites (tertiary alicyclic amines) is 1. The average molecular weight is 464 g/mol. The molecule has 0 bridgehead atoms. The number of rotatable bonds is 6. The Kier molecular flexibility index (Phi) is 8.15. The minimum Gasteiger partial charge on any atom is -0.444 e. The molecule has 180 valence electrons. The van der Waals surface area contributed by atoms with Crippen molar-refractivity contribution in [3.05, 3.63) is 24.5 Å². The first-order chi connectivity index (χ1) is 14.7. The fraction of sp³-hybridized carbons (Fsp3) is 0.708. The van der Waals surface area contributed by atoms with Crippen LogP contribution in [0.1, 0.15) is 60.8 Å². The van der Waals surface area contributed by atoms with Gasteiger partial charge in [-0.2, -0.15) is 0 Å². The van der Waals surface area contributed by atoms with Gasteiger partial charge in [-0.1, -0.05) is 20.8 Å². The Morgan fingerprint density at radius 1 is 1.16 bits per heavy atom. The topological polar surface area (TPSA) is 80.8 Å². The molecule has 8 heteroatoms. The molecule has 1 aliphatic rings. The molecule has 0 aromatic carbocycles. The lowest BCUT2D eigenvalue weighted by Gasteiger charge is -2.43. The summed E-state index contributed by atoms with van der Waals surface area (Å²) in [6.45, 7) is 18.0. The van der Waals surface area contributed by atoms with Crippen LogP contribution >= 0.6 is 0 Å². The van der Waals surface area contributed by atoms with Gasteiger partial charge in [-0.05, 0) is 70.3 Å². The predicted molar refractivity (Wildman–Crippen MR) is 130 cm³/mol. The van der Waals surface area contributed by atoms with Crippen LogP contribution in [0.2, 0.25) is 18.1 Å². The maximum Gasteiger partial charge on any atom is 0.410 e. The van der Waals surface area contributed by atoms with Gasteiger partial charge in [-0.3, -0.25) is 9.78 Å². The normalized spacial score (nSPS) is 20.1. The van der Waals surface area contributed by atoms with Gasteiger partial charge in [0.1, 0.15) is 5.60 Å². The molecule has 2 heterocycles. The Labute approximate surface area is 194 Å². The second kappa shape index (κ2) is 9.91. The minimum absolute atomic E-state index is 0.0872. The van der Waals surface area contributed by atoms with Crippen LogP contribution in [0.5, 0.6) is 0 Å². The lowest BCUT2D eigenvalue weighted by atomic mass is 9.76. The zero-order valence-corrected chi connectivity index (χ0v) is 22.1. The van der Waals surface area contributed by atoms with Gasteiger partial charge < -0.3 is 19.4 Å². The van der Waals surface area contributed by atoms with Crippen molar-refractivity contribution in [2.24, 2.45) is 5.41 Å². The van der Waals surface area contributed by atoms with E-state index in [9.17, 15) is 9.59 Å². The van der Waals surface area contributed by atoms with Crippen molar-refractivity contribution in [1.82, 2.24) is 9.88 Å². The molecule has 1 aliphatic heterocycles. The summed E-state index contributed by atoms with van der Waals surface area (Å²) in [6.07, 6.45) is 4.92. The number of hydrogen-bond donors (Lipinski definition) is 1. The van der Waals surface area contributed by atoms with Crippen LogP contribution in [0, 0.1) is 5.41 Å². The second-order valence-corrected chi connectivity index (χ2v) is 16.1. The molecule has 1 N–H and O–H groups in total. The molecule has 0 saturated carbocycles. The zero-order valence-electron chi connectivity index (χ0n) is 21.1. The fourth-order valence-electron chi connectivity index (χ4n) is 3.53. The van der Waals surface area contributed by atoms with E-state index in [1.807, 2.05) is 20.8 Å². The number of piperidine rings is 1. The summed E-state index contributed by atoms with van der Waals surface area (Å²) in [7, 11) is -1.95. The Bertz CT molecular complexity index is 787. The number of aromatic nitrogens is 1. The van der Waals surface area contributed by atoms with E-state index in [0.717, 1.165) is 6.42 Å². The van der Waals surface area contributed by atoms with Crippen LogP contribution in [0.25, 0.3) is 0 Å². The summed E-state index contributed by atoms with van der Waals surface area (Å²) in [4.78, 5) is 32.0. The molecule has 1 fully saturated rings. The smallest absolute Gasteiger partial charge is 0.410 e. The Hall–Kier alpha value is -1.93. The Morgan fingerprint density at radius 3 is 2.34 bits per heavy atom. The van der Waals surface area contributed by atoms with Crippen molar-refractivity contribution in [3.63, 3.8) is 0 Å². The van der Waals surface area contributed by atoms with Gasteiger partial charge in [0.25, 0.3) is 0 Å². The van der Waals surface area contributed by atoms with Gasteiger partial charge in [0.2, 0.25) is 5.91 Å². The predicted octanol–water partition coefficient (Wildman–Crippen LogP) is 5.45. The van der Waals surface area contributed by atoms with Crippen LogP contribution in [-0.2, 0) is 14.0 Å². The average Bonchev–Trinajstić information content (AvgIpc) is 2.66. The molecule has 1 atom stereocenters. The van der Waals surface area contributed by atoms with Crippen LogP contribution in [-0.4, -0.2) is 55.5 Å². The van der Waals surface area contributed by atoms with Crippen LogP contribution in [0.4, 0.5) is 10.5 Å². The van der Waals surface area contributed by atoms with E-state index in [2.05, 4.69) is 44.2 Å². The lowest BCUT2D eigenvalue weighted by molar-refractivity contribution is -0.129. The number of anilines is 1. The van der Waals surface area contributed by atoms with Gasteiger partial charge >= 0.3 is 6.09 Å². The summed E-state index contributed by atoms with van der Waals surface area (Å²) >= 11 is 0. The molecule has 7 nitrogen and oxygen atoms in total. The van der Waals surface area contributed by atoms with E-state index in [1.54, 1.807) is 29.4 Å². The monoisotopic (exact) mass is 463 g/mol. The van der Waals surface area contributed by atoms with Gasteiger partial charge in [-0.25, -0.2) is 4.79 Å². The number of hydrogen-bond acceptors (Lipinski definition) is 5. The highest BCUT2D eigenvalue weighted by molar-refractivity contribution is 6.74. The van der Waals surface area contributed by atoms with Gasteiger partial charge in [-0.15, -0.1) is 0 Å². The largest absolute Gasteiger partial charge is 0.444 e. The number of pyridine rings is 1. The van der Waals surface area contributed by atoms with E-state index in [0.29, 0.717) is 38.2 Å². The Morgan fingerprint density at radius 2 is 1.78 bits per heavy atom. The highest BCUT2D eigenvalue weighted by atomic mass is 28.4. The molecule has 1 unspecified atom stereocenters. The van der Waals surface area contributed by atoms with Gasteiger partial charge in [0, 0.05) is 37.8 Å². The summed E-state index contributed by atoms with van der Waals surface area (Å²) in [5.41, 5.74) is -0.619. The van der Waals surface area contributed by atoms with Crippen LogP contribution in [0.3, 0.4) is 0 Å². The quantitative estimate of drug-likeness (QED) is 0.567. The molecule has 1 saturated heterocycles. The maximum atomic E-state index is 13.5. The van der Waals surface area contributed by atoms with E-state index in [1.165, 1.54) is 0 Å². The fourth-order valence-corrected chi connectivity index (χ4v) is 4.58. The van der Waals surface area contributed by atoms with Crippen LogP contribution < -0.4 is 5.32 Å². The number of ether oxygens (including phenoxy) is 1. The molecule has 1 aromatic heterocycles. The van der Waals surface area contributed by atoms with Crippen molar-refractivity contribution in [2.75, 3.05) is 25.0 Å². The standard InChI is InChI=1S/C24H41N3O4Si/c1-22(2,3)31-21(29)27-16-9-12-24(18-27,13-17-30-32(7,8)23(4,5)6)20(28)26-19-10-14-25-15-11-19/h10-11,14-15H,9,12-13,16-18H2,1-8H3,(H,25,26,28). The highest BCUT2D eigenvalue weighted by Gasteiger charge is 2.45. The summed E-state index contributed by atoms with van der Waals surface area (Å²) in [6, 6.07) is 3.54. The first-order valence-electron chi connectivity index (χ1n) is 11.5. The summed E-state index contributed by atoms with van der Waals surface area (Å²) in [5.74, 6) is -0.0872. The minimum atomic E-state index is -1.95. The molecule has 2 rings (SSSR count). The third-order valence-electron chi connectivity index (χ3n) is 6.50. The second-order valence-electron chi connectivity index (χ2n) is 11.3. The molecular formula is C24H41N3O4Si. The molecule has 0 spiro atoms. The highest BCUT2D eigenvalue weighted by Crippen LogP contribution is 2.39. The number of nitrogens with one attached hydrogen (secondary N) is 1. The number of carbonyl (C=O) groups is 2. The van der Waals surface area contributed by atoms with Gasteiger partial charge in [0.05, 0.1) is 5.41 Å². The molecule has 0 radical (unpaired) electrons. The zero-order chi connectivity index (χ0) is 24.2. The first kappa shape index (κ1) is 26.3. The molecule has 0 aliphatic carbocycles. The van der Waals surface area contributed by atoms with E-state index in [-0.39, 0.29) is 17.0 Å². The van der Waals surface area contributed by atoms with E-state index < -0.39 is 19.3 Å². The SMILES string of the molecule is CC(C)(C)OC(=O)N1CCCC(CCO[Si](C)(C)C(C)(C)C)(C(=O)Nc2ccncc2)C1. The third-order valence-corrected chi connectivity index (χ3v) is 11.0. The molecule has 32 heavy (non-hydrogen) atoms. The third kappa shape index (κ3) is 7.03. The molecular weight excluding hydrogens is 422 g/mol. The maximum absolute atomic E-state index is 13.5. The van der Waals surface area contributed by atoms with E-state index >= 15 is 0 Å². The summed E-state index contributed by atoms with van der Waals surface area (Å²) in [5, 5.41) is 3.13. The van der Waals surface area contributed by atoms with Crippen molar-refractivity contribution in [3.8, 4) is 0 Å². The van der Waals surface area contributed by atoms with E-state index in [4.69, 9.17) is 9.16 Å². The molecule has 1 aromatic rings. The number of nitrogens with zero attached hydrogens (tertiary/aromatic N) is 2. The molecule has 2 amide bonds.